The Kier molecular flexibility index (Phi) is 4.05. The lowest BCUT2D eigenvalue weighted by molar-refractivity contribution is 0.134. The molecule has 1 fully saturated rings. The van der Waals surface area contributed by atoms with E-state index in [2.05, 4.69) is 34.1 Å². The molecule has 1 heterocycles. The number of hydrogen-bond acceptors (Lipinski definition) is 1. The van der Waals surface area contributed by atoms with Gasteiger partial charge >= 0.3 is 0 Å². The Balaban J connectivity index is 1.66. The molecule has 0 N–H and O–H groups in total. The highest BCUT2D eigenvalue weighted by Gasteiger charge is 2.20. The summed E-state index contributed by atoms with van der Waals surface area (Å²) in [5.74, 6) is 0.924. The molecule has 0 radical (unpaired) electrons. The van der Waals surface area contributed by atoms with Gasteiger partial charge in [0.25, 0.3) is 0 Å². The number of ether oxygens (including phenoxy) is 1. The van der Waals surface area contributed by atoms with E-state index in [9.17, 15) is 0 Å². The molecule has 3 rings (SSSR count). The second-order valence-corrected chi connectivity index (χ2v) is 6.83. The van der Waals surface area contributed by atoms with Crippen molar-refractivity contribution < 1.29 is 4.74 Å². The summed E-state index contributed by atoms with van der Waals surface area (Å²) in [5.41, 5.74) is 4.20. The van der Waals surface area contributed by atoms with Crippen molar-refractivity contribution in [1.82, 2.24) is 0 Å². The van der Waals surface area contributed by atoms with Crippen LogP contribution in [0.3, 0.4) is 0 Å². The van der Waals surface area contributed by atoms with Crippen molar-refractivity contribution >= 4 is 15.9 Å². The van der Waals surface area contributed by atoms with Crippen molar-refractivity contribution in [3.05, 3.63) is 34.9 Å². The standard InChI is InChI=1S/C16H21BrO/c17-16(8-12-4-2-1-3-5-12)13-6-7-14-10-18-11-15(14)9-13/h6-7,9,12,16H,1-5,8,10-11H2. The number of rotatable bonds is 3. The van der Waals surface area contributed by atoms with Crippen molar-refractivity contribution in [3.8, 4) is 0 Å². The Morgan fingerprint density at radius 3 is 2.72 bits per heavy atom. The molecule has 1 aliphatic carbocycles. The summed E-state index contributed by atoms with van der Waals surface area (Å²) in [7, 11) is 0. The highest BCUT2D eigenvalue weighted by atomic mass is 79.9. The zero-order valence-electron chi connectivity index (χ0n) is 10.8. The Labute approximate surface area is 118 Å². The molecule has 0 aromatic heterocycles. The Morgan fingerprint density at radius 2 is 1.89 bits per heavy atom. The highest BCUT2D eigenvalue weighted by Crippen LogP contribution is 2.37. The van der Waals surface area contributed by atoms with Crippen molar-refractivity contribution in [2.45, 2.75) is 56.6 Å². The van der Waals surface area contributed by atoms with Gasteiger partial charge in [-0.2, -0.15) is 0 Å². The maximum atomic E-state index is 5.48. The number of benzene rings is 1. The van der Waals surface area contributed by atoms with Crippen LogP contribution in [-0.2, 0) is 18.0 Å². The Morgan fingerprint density at radius 1 is 1.11 bits per heavy atom. The van der Waals surface area contributed by atoms with E-state index >= 15 is 0 Å². The Bertz CT molecular complexity index is 410. The first-order valence-electron chi connectivity index (χ1n) is 7.16. The van der Waals surface area contributed by atoms with Gasteiger partial charge in [0.1, 0.15) is 0 Å². The molecule has 18 heavy (non-hydrogen) atoms. The van der Waals surface area contributed by atoms with Gasteiger partial charge in [0.05, 0.1) is 13.2 Å². The molecular weight excluding hydrogens is 288 g/mol. The first-order valence-corrected chi connectivity index (χ1v) is 8.08. The lowest BCUT2D eigenvalue weighted by Gasteiger charge is -2.24. The van der Waals surface area contributed by atoms with Gasteiger partial charge in [-0.3, -0.25) is 0 Å². The number of alkyl halides is 1. The van der Waals surface area contributed by atoms with Crippen LogP contribution in [0.4, 0.5) is 0 Å². The Hall–Kier alpha value is -0.340. The van der Waals surface area contributed by atoms with Crippen molar-refractivity contribution in [2.75, 3.05) is 0 Å². The normalized spacial score (nSPS) is 21.8. The van der Waals surface area contributed by atoms with E-state index in [-0.39, 0.29) is 0 Å². The van der Waals surface area contributed by atoms with Crippen LogP contribution >= 0.6 is 15.9 Å². The van der Waals surface area contributed by atoms with Gasteiger partial charge in [0.15, 0.2) is 0 Å². The van der Waals surface area contributed by atoms with Crippen LogP contribution < -0.4 is 0 Å². The molecule has 0 amide bonds. The van der Waals surface area contributed by atoms with Gasteiger partial charge < -0.3 is 4.74 Å². The summed E-state index contributed by atoms with van der Waals surface area (Å²) in [4.78, 5) is 0.520. The second-order valence-electron chi connectivity index (χ2n) is 5.73. The smallest absolute Gasteiger partial charge is 0.0725 e. The maximum Gasteiger partial charge on any atom is 0.0725 e. The third-order valence-corrected chi connectivity index (χ3v) is 5.27. The summed E-state index contributed by atoms with van der Waals surface area (Å²) in [6.45, 7) is 1.59. The van der Waals surface area contributed by atoms with Crippen LogP contribution in [0.5, 0.6) is 0 Å². The predicted octanol–water partition coefficient (Wildman–Crippen LogP) is 5.12. The zero-order valence-corrected chi connectivity index (χ0v) is 12.4. The van der Waals surface area contributed by atoms with Gasteiger partial charge in [-0.25, -0.2) is 0 Å². The largest absolute Gasteiger partial charge is 0.372 e. The van der Waals surface area contributed by atoms with Crippen LogP contribution in [-0.4, -0.2) is 0 Å². The van der Waals surface area contributed by atoms with Crippen LogP contribution in [0.15, 0.2) is 18.2 Å². The number of hydrogen-bond donors (Lipinski definition) is 0. The van der Waals surface area contributed by atoms with E-state index < -0.39 is 0 Å². The monoisotopic (exact) mass is 308 g/mol. The minimum Gasteiger partial charge on any atom is -0.372 e. The summed E-state index contributed by atoms with van der Waals surface area (Å²) in [5, 5.41) is 0. The molecular formula is C16H21BrO. The number of fused-ring (bicyclic) bond motifs is 1. The van der Waals surface area contributed by atoms with Crippen LogP contribution in [0.2, 0.25) is 0 Å². The molecule has 1 unspecified atom stereocenters. The van der Waals surface area contributed by atoms with Crippen molar-refractivity contribution in [2.24, 2.45) is 5.92 Å². The van der Waals surface area contributed by atoms with Crippen LogP contribution in [0.1, 0.15) is 60.0 Å². The quantitative estimate of drug-likeness (QED) is 0.704. The maximum absolute atomic E-state index is 5.48. The van der Waals surface area contributed by atoms with Gasteiger partial charge in [-0.15, -0.1) is 0 Å². The molecule has 98 valence electrons. The van der Waals surface area contributed by atoms with Gasteiger partial charge in [0.2, 0.25) is 0 Å². The fourth-order valence-electron chi connectivity index (χ4n) is 3.24. The fraction of sp³-hybridized carbons (Fsp3) is 0.625. The molecule has 0 saturated heterocycles. The molecule has 1 aromatic carbocycles. The SMILES string of the molecule is BrC(CC1CCCCC1)c1ccc2c(c1)COC2. The summed E-state index contributed by atoms with van der Waals surface area (Å²) in [6.07, 6.45) is 8.45. The molecule has 0 spiro atoms. The zero-order chi connectivity index (χ0) is 12.4. The number of halogens is 1. The molecule has 1 atom stereocenters. The highest BCUT2D eigenvalue weighted by molar-refractivity contribution is 9.09. The average molecular weight is 309 g/mol. The van der Waals surface area contributed by atoms with E-state index in [1.807, 2.05) is 0 Å². The summed E-state index contributed by atoms with van der Waals surface area (Å²) >= 11 is 3.89. The molecule has 0 bridgehead atoms. The predicted molar refractivity (Wildman–Crippen MR) is 77.8 cm³/mol. The van der Waals surface area contributed by atoms with Crippen LogP contribution in [0, 0.1) is 5.92 Å². The van der Waals surface area contributed by atoms with Gasteiger partial charge in [-0.1, -0.05) is 66.2 Å². The lowest BCUT2D eigenvalue weighted by Crippen LogP contribution is -2.08. The minimum atomic E-state index is 0.520. The second kappa shape index (κ2) is 5.75. The van der Waals surface area contributed by atoms with Gasteiger partial charge in [0, 0.05) is 4.83 Å². The third-order valence-electron chi connectivity index (χ3n) is 4.37. The van der Waals surface area contributed by atoms with Crippen molar-refractivity contribution in [3.63, 3.8) is 0 Å². The molecule has 2 aliphatic rings. The molecule has 2 heteroatoms. The lowest BCUT2D eigenvalue weighted by atomic mass is 9.85. The molecule has 1 nitrogen and oxygen atoms in total. The summed E-state index contributed by atoms with van der Waals surface area (Å²) < 4.78 is 5.48. The third kappa shape index (κ3) is 2.80. The summed E-state index contributed by atoms with van der Waals surface area (Å²) in [6, 6.07) is 6.85. The first kappa shape index (κ1) is 12.7. The topological polar surface area (TPSA) is 9.23 Å². The fourth-order valence-corrected chi connectivity index (χ4v) is 4.05. The van der Waals surface area contributed by atoms with E-state index in [0.717, 1.165) is 19.1 Å². The molecule has 1 saturated carbocycles. The molecule has 1 aromatic rings. The van der Waals surface area contributed by atoms with E-state index in [4.69, 9.17) is 4.74 Å². The van der Waals surface area contributed by atoms with Crippen molar-refractivity contribution in [1.29, 1.82) is 0 Å². The average Bonchev–Trinajstić information content (AvgIpc) is 2.87. The van der Waals surface area contributed by atoms with Gasteiger partial charge in [-0.05, 0) is 29.0 Å². The van der Waals surface area contributed by atoms with E-state index in [0.29, 0.717) is 4.83 Å². The molecule has 1 aliphatic heterocycles. The van der Waals surface area contributed by atoms with Crippen LogP contribution in [0.25, 0.3) is 0 Å². The van der Waals surface area contributed by atoms with E-state index in [1.165, 1.54) is 55.2 Å². The van der Waals surface area contributed by atoms with E-state index in [1.54, 1.807) is 0 Å². The first-order chi connectivity index (χ1) is 8.83. The minimum absolute atomic E-state index is 0.520.